The second-order valence-electron chi connectivity index (χ2n) is 5.03. The van der Waals surface area contributed by atoms with Crippen LogP contribution in [0.2, 0.25) is 0 Å². The number of carbonyl (C=O) groups is 1. The Balaban J connectivity index is 2.51. The van der Waals surface area contributed by atoms with Gasteiger partial charge in [-0.1, -0.05) is 13.3 Å². The Kier molecular flexibility index (Phi) is 5.26. The van der Waals surface area contributed by atoms with E-state index in [1.54, 1.807) is 7.11 Å². The number of ether oxygens (including phenoxy) is 1. The Morgan fingerprint density at radius 2 is 2.06 bits per heavy atom. The average molecular weight is 228 g/mol. The molecule has 94 valence electrons. The number of rotatable bonds is 6. The van der Waals surface area contributed by atoms with Crippen LogP contribution < -0.4 is 0 Å². The van der Waals surface area contributed by atoms with Crippen LogP contribution in [0.1, 0.15) is 51.9 Å². The third kappa shape index (κ3) is 3.21. The van der Waals surface area contributed by atoms with E-state index in [0.717, 1.165) is 44.4 Å². The zero-order valence-electron chi connectivity index (χ0n) is 10.5. The lowest BCUT2D eigenvalue weighted by atomic mass is 9.67. The summed E-state index contributed by atoms with van der Waals surface area (Å²) >= 11 is 0. The Bertz CT molecular complexity index is 212. The molecule has 0 aromatic carbocycles. The molecule has 1 N–H and O–H groups in total. The van der Waals surface area contributed by atoms with E-state index >= 15 is 0 Å². The first kappa shape index (κ1) is 13.5. The van der Waals surface area contributed by atoms with Gasteiger partial charge < -0.3 is 9.84 Å². The fraction of sp³-hybridized carbons (Fsp3) is 0.923. The van der Waals surface area contributed by atoms with Crippen LogP contribution in [0.4, 0.5) is 0 Å². The van der Waals surface area contributed by atoms with Crippen LogP contribution >= 0.6 is 0 Å². The lowest BCUT2D eigenvalue weighted by molar-refractivity contribution is -0.152. The predicted octanol–water partition coefficient (Wildman–Crippen LogP) is 3.08. The van der Waals surface area contributed by atoms with Crippen LogP contribution in [0.25, 0.3) is 0 Å². The average Bonchev–Trinajstić information content (AvgIpc) is 2.30. The van der Waals surface area contributed by atoms with Crippen molar-refractivity contribution in [1.82, 2.24) is 0 Å². The summed E-state index contributed by atoms with van der Waals surface area (Å²) in [4.78, 5) is 11.4. The molecule has 0 bridgehead atoms. The number of methoxy groups -OCH3 is 1. The van der Waals surface area contributed by atoms with Crippen LogP contribution in [0.15, 0.2) is 0 Å². The van der Waals surface area contributed by atoms with Crippen LogP contribution in [-0.4, -0.2) is 24.8 Å². The van der Waals surface area contributed by atoms with Gasteiger partial charge in [-0.15, -0.1) is 0 Å². The van der Waals surface area contributed by atoms with Crippen LogP contribution in [-0.2, 0) is 9.53 Å². The Morgan fingerprint density at radius 1 is 1.44 bits per heavy atom. The summed E-state index contributed by atoms with van der Waals surface area (Å²) in [7, 11) is 1.67. The predicted molar refractivity (Wildman–Crippen MR) is 63.4 cm³/mol. The highest BCUT2D eigenvalue weighted by Crippen LogP contribution is 2.43. The maximum Gasteiger partial charge on any atom is 0.309 e. The molecule has 1 aliphatic rings. The highest BCUT2D eigenvalue weighted by atomic mass is 16.5. The van der Waals surface area contributed by atoms with Crippen molar-refractivity contribution >= 4 is 5.97 Å². The minimum Gasteiger partial charge on any atom is -0.481 e. The Hall–Kier alpha value is -0.570. The first-order valence-corrected chi connectivity index (χ1v) is 6.37. The van der Waals surface area contributed by atoms with Gasteiger partial charge in [0.1, 0.15) is 0 Å². The molecule has 3 heteroatoms. The molecule has 0 radical (unpaired) electrons. The van der Waals surface area contributed by atoms with Crippen LogP contribution in [0, 0.1) is 11.3 Å². The minimum absolute atomic E-state index is 0.454. The van der Waals surface area contributed by atoms with Crippen molar-refractivity contribution in [1.29, 1.82) is 0 Å². The molecule has 1 rings (SSSR count). The van der Waals surface area contributed by atoms with Gasteiger partial charge in [-0.2, -0.15) is 0 Å². The number of hydrogen-bond donors (Lipinski definition) is 1. The zero-order valence-corrected chi connectivity index (χ0v) is 10.5. The number of carboxylic acids is 1. The summed E-state index contributed by atoms with van der Waals surface area (Å²) < 4.78 is 5.01. The summed E-state index contributed by atoms with van der Waals surface area (Å²) in [6.45, 7) is 2.87. The topological polar surface area (TPSA) is 46.5 Å². The van der Waals surface area contributed by atoms with Gasteiger partial charge in [0, 0.05) is 13.7 Å². The fourth-order valence-electron chi connectivity index (χ4n) is 2.76. The minimum atomic E-state index is -0.599. The lowest BCUT2D eigenvalue weighted by Gasteiger charge is -2.36. The van der Waals surface area contributed by atoms with E-state index in [4.69, 9.17) is 4.74 Å². The van der Waals surface area contributed by atoms with Crippen molar-refractivity contribution in [2.75, 3.05) is 13.7 Å². The highest BCUT2D eigenvalue weighted by molar-refractivity contribution is 5.74. The molecule has 0 aliphatic heterocycles. The monoisotopic (exact) mass is 228 g/mol. The van der Waals surface area contributed by atoms with Gasteiger partial charge in [0.05, 0.1) is 5.41 Å². The molecule has 1 aliphatic carbocycles. The molecule has 1 fully saturated rings. The number of carboxylic acid groups (broad SMARTS) is 1. The second kappa shape index (κ2) is 6.24. The third-order valence-electron chi connectivity index (χ3n) is 4.10. The normalized spacial score (nSPS) is 30.2. The third-order valence-corrected chi connectivity index (χ3v) is 4.10. The first-order valence-electron chi connectivity index (χ1n) is 6.37. The van der Waals surface area contributed by atoms with E-state index in [1.807, 2.05) is 0 Å². The molecule has 0 aromatic rings. The van der Waals surface area contributed by atoms with Crippen LogP contribution in [0.5, 0.6) is 0 Å². The molecule has 16 heavy (non-hydrogen) atoms. The Labute approximate surface area is 98.2 Å². The molecule has 3 nitrogen and oxygen atoms in total. The van der Waals surface area contributed by atoms with E-state index in [0.29, 0.717) is 6.61 Å². The molecule has 1 saturated carbocycles. The summed E-state index contributed by atoms with van der Waals surface area (Å²) in [6, 6.07) is 0. The van der Waals surface area contributed by atoms with E-state index in [-0.39, 0.29) is 0 Å². The quantitative estimate of drug-likeness (QED) is 0.711. The molecule has 0 unspecified atom stereocenters. The van der Waals surface area contributed by atoms with Crippen molar-refractivity contribution < 1.29 is 14.6 Å². The lowest BCUT2D eigenvalue weighted by Crippen LogP contribution is -2.35. The molecular weight excluding hydrogens is 204 g/mol. The summed E-state index contributed by atoms with van der Waals surface area (Å²) in [5.41, 5.74) is -0.454. The maximum absolute atomic E-state index is 11.4. The van der Waals surface area contributed by atoms with E-state index in [1.165, 1.54) is 6.42 Å². The Morgan fingerprint density at radius 3 is 2.50 bits per heavy atom. The summed E-state index contributed by atoms with van der Waals surface area (Å²) in [5.74, 6) is 0.146. The first-order chi connectivity index (χ1) is 7.64. The van der Waals surface area contributed by atoms with E-state index in [2.05, 4.69) is 6.92 Å². The summed E-state index contributed by atoms with van der Waals surface area (Å²) in [5, 5.41) is 9.41. The van der Waals surface area contributed by atoms with E-state index < -0.39 is 11.4 Å². The molecule has 0 aromatic heterocycles. The number of hydrogen-bond acceptors (Lipinski definition) is 2. The van der Waals surface area contributed by atoms with Gasteiger partial charge in [-0.25, -0.2) is 0 Å². The summed E-state index contributed by atoms with van der Waals surface area (Å²) in [6.07, 6.45) is 6.68. The smallest absolute Gasteiger partial charge is 0.309 e. The van der Waals surface area contributed by atoms with Crippen molar-refractivity contribution in [2.24, 2.45) is 11.3 Å². The second-order valence-corrected chi connectivity index (χ2v) is 5.03. The van der Waals surface area contributed by atoms with Crippen molar-refractivity contribution in [3.8, 4) is 0 Å². The SMILES string of the molecule is CCC1CCC(CCCOC)(C(=O)O)CC1. The molecule has 0 amide bonds. The van der Waals surface area contributed by atoms with E-state index in [9.17, 15) is 9.90 Å². The van der Waals surface area contributed by atoms with Gasteiger partial charge in [-0.3, -0.25) is 4.79 Å². The highest BCUT2D eigenvalue weighted by Gasteiger charge is 2.40. The number of aliphatic carboxylic acids is 1. The molecular formula is C13H24O3. The molecule has 0 atom stereocenters. The van der Waals surface area contributed by atoms with Gasteiger partial charge in [0.25, 0.3) is 0 Å². The fourth-order valence-corrected chi connectivity index (χ4v) is 2.76. The standard InChI is InChI=1S/C13H24O3/c1-3-11-5-8-13(9-6-11,12(14)15)7-4-10-16-2/h11H,3-10H2,1-2H3,(H,14,15). The molecule has 0 spiro atoms. The molecule has 0 saturated heterocycles. The van der Waals surface area contributed by atoms with Crippen molar-refractivity contribution in [2.45, 2.75) is 51.9 Å². The van der Waals surface area contributed by atoms with Crippen molar-refractivity contribution in [3.63, 3.8) is 0 Å². The maximum atomic E-state index is 11.4. The van der Waals surface area contributed by atoms with Gasteiger partial charge in [-0.05, 0) is 44.4 Å². The van der Waals surface area contributed by atoms with Crippen LogP contribution in [0.3, 0.4) is 0 Å². The zero-order chi connectivity index (χ0) is 12.0. The van der Waals surface area contributed by atoms with Gasteiger partial charge in [0.2, 0.25) is 0 Å². The van der Waals surface area contributed by atoms with Gasteiger partial charge in [0.15, 0.2) is 0 Å². The molecule has 0 heterocycles. The van der Waals surface area contributed by atoms with Crippen molar-refractivity contribution in [3.05, 3.63) is 0 Å². The van der Waals surface area contributed by atoms with Gasteiger partial charge >= 0.3 is 5.97 Å². The largest absolute Gasteiger partial charge is 0.481 e.